The maximum Gasteiger partial charge on any atom is 0.265 e. The minimum atomic E-state index is -0.584. The molecule has 1 atom stereocenters. The van der Waals surface area contributed by atoms with Crippen LogP contribution in [0.2, 0.25) is 0 Å². The second-order valence-corrected chi connectivity index (χ2v) is 7.74. The molecule has 166 valence electrons. The van der Waals surface area contributed by atoms with Crippen molar-refractivity contribution in [3.63, 3.8) is 0 Å². The number of amides is 1. The standard InChI is InChI=1S/C24H25N3O5/c1-29-18-8-6-17(7-9-18)21-14-25-23(32-21)16-27-15-22(24(28)26-10-12-30-13-11-26)31-20-5-3-2-4-19(20)27/h2-9,14,22H,10-13,15-16H2,1H3. The summed E-state index contributed by atoms with van der Waals surface area (Å²) >= 11 is 0. The molecule has 0 bridgehead atoms. The van der Waals surface area contributed by atoms with E-state index >= 15 is 0 Å². The molecule has 1 saturated heterocycles. The van der Waals surface area contributed by atoms with Gasteiger partial charge in [-0.15, -0.1) is 0 Å². The summed E-state index contributed by atoms with van der Waals surface area (Å²) in [5, 5.41) is 0. The molecule has 5 rings (SSSR count). The van der Waals surface area contributed by atoms with E-state index < -0.39 is 6.10 Å². The first-order valence-corrected chi connectivity index (χ1v) is 10.7. The van der Waals surface area contributed by atoms with Crippen molar-refractivity contribution in [2.45, 2.75) is 12.6 Å². The van der Waals surface area contributed by atoms with Crippen LogP contribution in [0.15, 0.2) is 59.1 Å². The Morgan fingerprint density at radius 1 is 1.12 bits per heavy atom. The van der Waals surface area contributed by atoms with Gasteiger partial charge in [0.25, 0.3) is 5.91 Å². The van der Waals surface area contributed by atoms with Crippen LogP contribution >= 0.6 is 0 Å². The highest BCUT2D eigenvalue weighted by molar-refractivity contribution is 5.83. The van der Waals surface area contributed by atoms with Crippen LogP contribution in [-0.4, -0.2) is 61.9 Å². The first-order valence-electron chi connectivity index (χ1n) is 10.7. The highest BCUT2D eigenvalue weighted by atomic mass is 16.5. The number of hydrogen-bond donors (Lipinski definition) is 0. The van der Waals surface area contributed by atoms with Gasteiger partial charge in [-0.25, -0.2) is 4.98 Å². The quantitative estimate of drug-likeness (QED) is 0.610. The summed E-state index contributed by atoms with van der Waals surface area (Å²) in [6.07, 6.45) is 1.14. The van der Waals surface area contributed by atoms with E-state index in [4.69, 9.17) is 18.6 Å². The number of anilines is 1. The summed E-state index contributed by atoms with van der Waals surface area (Å²) in [5.41, 5.74) is 1.84. The van der Waals surface area contributed by atoms with Crippen molar-refractivity contribution in [3.05, 3.63) is 60.6 Å². The Hall–Kier alpha value is -3.52. The van der Waals surface area contributed by atoms with Crippen LogP contribution in [-0.2, 0) is 16.1 Å². The zero-order valence-electron chi connectivity index (χ0n) is 17.9. The van der Waals surface area contributed by atoms with Gasteiger partial charge in [0.05, 0.1) is 45.3 Å². The zero-order valence-corrected chi connectivity index (χ0v) is 17.9. The van der Waals surface area contributed by atoms with Crippen LogP contribution in [0, 0.1) is 0 Å². The van der Waals surface area contributed by atoms with Gasteiger partial charge < -0.3 is 28.4 Å². The van der Waals surface area contributed by atoms with E-state index in [-0.39, 0.29) is 5.91 Å². The van der Waals surface area contributed by atoms with Crippen LogP contribution in [0.3, 0.4) is 0 Å². The number of rotatable bonds is 5. The van der Waals surface area contributed by atoms with E-state index in [9.17, 15) is 4.79 Å². The van der Waals surface area contributed by atoms with E-state index in [2.05, 4.69) is 9.88 Å². The number of fused-ring (bicyclic) bond motifs is 1. The molecule has 2 aliphatic rings. The molecule has 1 unspecified atom stereocenters. The van der Waals surface area contributed by atoms with Crippen molar-refractivity contribution in [1.82, 2.24) is 9.88 Å². The SMILES string of the molecule is COc1ccc(-c2cnc(CN3CC(C(=O)N4CCOCC4)Oc4ccccc43)o2)cc1. The Balaban J connectivity index is 1.35. The summed E-state index contributed by atoms with van der Waals surface area (Å²) < 4.78 is 22.7. The average Bonchev–Trinajstić information content (AvgIpc) is 3.32. The van der Waals surface area contributed by atoms with Gasteiger partial charge in [0.2, 0.25) is 5.89 Å². The minimum absolute atomic E-state index is 0.0147. The molecule has 0 saturated carbocycles. The van der Waals surface area contributed by atoms with Crippen LogP contribution in [0.5, 0.6) is 11.5 Å². The van der Waals surface area contributed by atoms with Crippen molar-refractivity contribution in [2.24, 2.45) is 0 Å². The fourth-order valence-electron chi connectivity index (χ4n) is 4.01. The summed E-state index contributed by atoms with van der Waals surface area (Å²) in [4.78, 5) is 21.4. The predicted molar refractivity (Wildman–Crippen MR) is 118 cm³/mol. The largest absolute Gasteiger partial charge is 0.497 e. The van der Waals surface area contributed by atoms with Gasteiger partial charge in [0.15, 0.2) is 11.9 Å². The molecular weight excluding hydrogens is 410 g/mol. The Kier molecular flexibility index (Phi) is 5.68. The summed E-state index contributed by atoms with van der Waals surface area (Å²) in [6.45, 7) is 3.15. The molecule has 0 N–H and O–H groups in total. The number of para-hydroxylation sites is 2. The van der Waals surface area contributed by atoms with Crippen molar-refractivity contribution >= 4 is 11.6 Å². The number of nitrogens with zero attached hydrogens (tertiary/aromatic N) is 3. The molecule has 0 aliphatic carbocycles. The lowest BCUT2D eigenvalue weighted by Crippen LogP contribution is -2.52. The van der Waals surface area contributed by atoms with Crippen molar-refractivity contribution in [1.29, 1.82) is 0 Å². The van der Waals surface area contributed by atoms with Crippen LogP contribution < -0.4 is 14.4 Å². The third-order valence-corrected chi connectivity index (χ3v) is 5.71. The Bertz CT molecular complexity index is 1080. The molecule has 1 fully saturated rings. The van der Waals surface area contributed by atoms with Gasteiger partial charge in [0.1, 0.15) is 11.5 Å². The van der Waals surface area contributed by atoms with Gasteiger partial charge in [0, 0.05) is 18.7 Å². The minimum Gasteiger partial charge on any atom is -0.497 e. The Labute approximate surface area is 186 Å². The molecular formula is C24H25N3O5. The molecule has 32 heavy (non-hydrogen) atoms. The summed E-state index contributed by atoms with van der Waals surface area (Å²) in [6, 6.07) is 15.4. The monoisotopic (exact) mass is 435 g/mol. The molecule has 3 heterocycles. The molecule has 2 aliphatic heterocycles. The van der Waals surface area contributed by atoms with E-state index in [1.54, 1.807) is 13.3 Å². The maximum atomic E-state index is 13.1. The highest BCUT2D eigenvalue weighted by Gasteiger charge is 2.34. The number of benzene rings is 2. The maximum absolute atomic E-state index is 13.1. The number of carbonyl (C=O) groups excluding carboxylic acids is 1. The molecule has 8 nitrogen and oxygen atoms in total. The number of ether oxygens (including phenoxy) is 3. The molecule has 2 aromatic carbocycles. The number of hydrogen-bond acceptors (Lipinski definition) is 7. The second kappa shape index (κ2) is 8.92. The van der Waals surface area contributed by atoms with E-state index in [0.717, 1.165) is 17.0 Å². The van der Waals surface area contributed by atoms with Gasteiger partial charge in [-0.1, -0.05) is 12.1 Å². The third kappa shape index (κ3) is 4.13. The molecule has 1 amide bonds. The first kappa shape index (κ1) is 20.4. The second-order valence-electron chi connectivity index (χ2n) is 7.74. The summed E-state index contributed by atoms with van der Waals surface area (Å²) in [5.74, 6) is 2.72. The molecule has 1 aromatic heterocycles. The first-order chi connectivity index (χ1) is 15.7. The fraction of sp³-hybridized carbons (Fsp3) is 0.333. The number of oxazole rings is 1. The molecule has 3 aromatic rings. The number of carbonyl (C=O) groups is 1. The number of aromatic nitrogens is 1. The lowest BCUT2D eigenvalue weighted by atomic mass is 10.1. The lowest BCUT2D eigenvalue weighted by Gasteiger charge is -2.37. The molecule has 0 radical (unpaired) electrons. The number of morpholine rings is 1. The zero-order chi connectivity index (χ0) is 21.9. The smallest absolute Gasteiger partial charge is 0.265 e. The normalized spacial score (nSPS) is 18.1. The summed E-state index contributed by atoms with van der Waals surface area (Å²) in [7, 11) is 1.64. The van der Waals surface area contributed by atoms with Gasteiger partial charge >= 0.3 is 0 Å². The predicted octanol–water partition coefficient (Wildman–Crippen LogP) is 2.98. The van der Waals surface area contributed by atoms with Gasteiger partial charge in [-0.05, 0) is 36.4 Å². The number of methoxy groups -OCH3 is 1. The Morgan fingerprint density at radius 3 is 2.69 bits per heavy atom. The topological polar surface area (TPSA) is 77.3 Å². The van der Waals surface area contributed by atoms with Gasteiger partial charge in [-0.2, -0.15) is 0 Å². The van der Waals surface area contributed by atoms with Crippen molar-refractivity contribution < 1.29 is 23.4 Å². The van der Waals surface area contributed by atoms with Gasteiger partial charge in [-0.3, -0.25) is 4.79 Å². The van der Waals surface area contributed by atoms with Crippen LogP contribution in [0.4, 0.5) is 5.69 Å². The van der Waals surface area contributed by atoms with Crippen LogP contribution in [0.25, 0.3) is 11.3 Å². The fourth-order valence-corrected chi connectivity index (χ4v) is 4.01. The molecule has 0 spiro atoms. The average molecular weight is 435 g/mol. The van der Waals surface area contributed by atoms with E-state index in [0.29, 0.717) is 56.8 Å². The van der Waals surface area contributed by atoms with E-state index in [1.165, 1.54) is 0 Å². The molecule has 8 heteroatoms. The van der Waals surface area contributed by atoms with Crippen LogP contribution in [0.1, 0.15) is 5.89 Å². The highest BCUT2D eigenvalue weighted by Crippen LogP contribution is 2.35. The van der Waals surface area contributed by atoms with Crippen molar-refractivity contribution in [3.8, 4) is 22.8 Å². The van der Waals surface area contributed by atoms with E-state index in [1.807, 2.05) is 53.4 Å². The lowest BCUT2D eigenvalue weighted by molar-refractivity contribution is -0.142. The van der Waals surface area contributed by atoms with Crippen molar-refractivity contribution in [2.75, 3.05) is 44.9 Å². The third-order valence-electron chi connectivity index (χ3n) is 5.71. The Morgan fingerprint density at radius 2 is 1.91 bits per heavy atom.